The topological polar surface area (TPSA) is 84.6 Å². The third-order valence-corrected chi connectivity index (χ3v) is 3.54. The summed E-state index contributed by atoms with van der Waals surface area (Å²) in [5.74, 6) is 0.732. The standard InChI is InChI=1S/C12H21N5/c1-11-4-2-6-12(10-13,7-5-11)15-8-3-9-16-17-14/h11,15H,2-9H2,1H3. The lowest BCUT2D eigenvalue weighted by atomic mass is 9.91. The highest BCUT2D eigenvalue weighted by molar-refractivity contribution is 5.07. The maximum absolute atomic E-state index is 9.36. The second kappa shape index (κ2) is 7.16. The Morgan fingerprint density at radius 2 is 2.35 bits per heavy atom. The summed E-state index contributed by atoms with van der Waals surface area (Å²) in [5.41, 5.74) is 7.82. The molecule has 2 unspecified atom stereocenters. The Balaban J connectivity index is 2.40. The van der Waals surface area contributed by atoms with E-state index in [0.717, 1.165) is 44.6 Å². The van der Waals surface area contributed by atoms with Crippen molar-refractivity contribution in [1.82, 2.24) is 5.32 Å². The van der Waals surface area contributed by atoms with Crippen LogP contribution in [0, 0.1) is 17.2 Å². The minimum atomic E-state index is -0.346. The van der Waals surface area contributed by atoms with Gasteiger partial charge in [-0.3, -0.25) is 5.32 Å². The van der Waals surface area contributed by atoms with E-state index in [1.54, 1.807) is 0 Å². The van der Waals surface area contributed by atoms with Crippen LogP contribution in [0.2, 0.25) is 0 Å². The quantitative estimate of drug-likeness (QED) is 0.261. The minimum absolute atomic E-state index is 0.346. The largest absolute Gasteiger partial charge is 0.299 e. The number of nitrogens with one attached hydrogen (secondary N) is 1. The van der Waals surface area contributed by atoms with E-state index in [2.05, 4.69) is 28.3 Å². The summed E-state index contributed by atoms with van der Waals surface area (Å²) in [6.45, 7) is 3.51. The van der Waals surface area contributed by atoms with Gasteiger partial charge in [-0.1, -0.05) is 24.9 Å². The van der Waals surface area contributed by atoms with Gasteiger partial charge >= 0.3 is 0 Å². The van der Waals surface area contributed by atoms with Crippen LogP contribution in [-0.2, 0) is 0 Å². The lowest BCUT2D eigenvalue weighted by Crippen LogP contribution is -2.44. The average molecular weight is 235 g/mol. The Bertz CT molecular complexity index is 315. The summed E-state index contributed by atoms with van der Waals surface area (Å²) < 4.78 is 0. The first-order chi connectivity index (χ1) is 8.22. The molecule has 1 aliphatic rings. The van der Waals surface area contributed by atoms with Gasteiger partial charge in [0, 0.05) is 11.5 Å². The van der Waals surface area contributed by atoms with Gasteiger partial charge in [0.15, 0.2) is 0 Å². The second-order valence-corrected chi connectivity index (χ2v) is 4.96. The number of rotatable bonds is 5. The number of hydrogen-bond acceptors (Lipinski definition) is 3. The van der Waals surface area contributed by atoms with Crippen molar-refractivity contribution in [2.45, 2.75) is 51.0 Å². The molecule has 0 saturated heterocycles. The van der Waals surface area contributed by atoms with Gasteiger partial charge in [-0.25, -0.2) is 0 Å². The Morgan fingerprint density at radius 1 is 1.53 bits per heavy atom. The zero-order chi connectivity index (χ0) is 12.6. The van der Waals surface area contributed by atoms with Crippen LogP contribution in [0.1, 0.15) is 45.4 Å². The molecule has 5 nitrogen and oxygen atoms in total. The fourth-order valence-corrected chi connectivity index (χ4v) is 2.36. The van der Waals surface area contributed by atoms with Crippen molar-refractivity contribution >= 4 is 0 Å². The molecule has 0 aliphatic heterocycles. The monoisotopic (exact) mass is 235 g/mol. The van der Waals surface area contributed by atoms with Gasteiger partial charge in [-0.2, -0.15) is 5.26 Å². The van der Waals surface area contributed by atoms with Gasteiger partial charge in [0.2, 0.25) is 0 Å². The first kappa shape index (κ1) is 13.8. The summed E-state index contributed by atoms with van der Waals surface area (Å²) in [5, 5.41) is 16.2. The Labute approximate surface area is 103 Å². The molecule has 0 amide bonds. The normalized spacial score (nSPS) is 28.8. The fraction of sp³-hybridized carbons (Fsp3) is 0.917. The predicted octanol–water partition coefficient (Wildman–Crippen LogP) is 3.14. The molecule has 1 fully saturated rings. The van der Waals surface area contributed by atoms with Crippen LogP contribution >= 0.6 is 0 Å². The van der Waals surface area contributed by atoms with Crippen LogP contribution in [0.25, 0.3) is 10.4 Å². The van der Waals surface area contributed by atoms with E-state index >= 15 is 0 Å². The second-order valence-electron chi connectivity index (χ2n) is 4.96. The molecule has 0 aromatic rings. The van der Waals surface area contributed by atoms with Crippen LogP contribution in [0.3, 0.4) is 0 Å². The molecule has 0 aromatic heterocycles. The highest BCUT2D eigenvalue weighted by Crippen LogP contribution is 2.29. The van der Waals surface area contributed by atoms with Crippen molar-refractivity contribution < 1.29 is 0 Å². The van der Waals surface area contributed by atoms with E-state index < -0.39 is 0 Å². The van der Waals surface area contributed by atoms with Gasteiger partial charge in [-0.05, 0) is 43.7 Å². The Hall–Kier alpha value is -1.24. The molecule has 0 aromatic carbocycles. The summed E-state index contributed by atoms with van der Waals surface area (Å²) >= 11 is 0. The Morgan fingerprint density at radius 3 is 3.06 bits per heavy atom. The Kier molecular flexibility index (Phi) is 5.82. The summed E-state index contributed by atoms with van der Waals surface area (Å²) in [4.78, 5) is 2.71. The van der Waals surface area contributed by atoms with Crippen LogP contribution < -0.4 is 5.32 Å². The molecular formula is C12H21N5. The molecule has 5 heteroatoms. The fourth-order valence-electron chi connectivity index (χ4n) is 2.36. The van der Waals surface area contributed by atoms with Crippen molar-refractivity contribution in [2.75, 3.05) is 13.1 Å². The molecule has 0 spiro atoms. The molecule has 0 bridgehead atoms. The first-order valence-electron chi connectivity index (χ1n) is 6.39. The third kappa shape index (κ3) is 4.64. The van der Waals surface area contributed by atoms with Crippen LogP contribution in [0.4, 0.5) is 0 Å². The minimum Gasteiger partial charge on any atom is -0.299 e. The molecule has 2 atom stereocenters. The first-order valence-corrected chi connectivity index (χ1v) is 6.39. The lowest BCUT2D eigenvalue weighted by Gasteiger charge is -2.26. The molecule has 1 aliphatic carbocycles. The van der Waals surface area contributed by atoms with E-state index in [1.807, 2.05) is 0 Å². The van der Waals surface area contributed by atoms with Crippen molar-refractivity contribution in [3.63, 3.8) is 0 Å². The van der Waals surface area contributed by atoms with E-state index in [9.17, 15) is 5.26 Å². The number of nitriles is 1. The number of azide groups is 1. The van der Waals surface area contributed by atoms with Gasteiger partial charge in [0.1, 0.15) is 5.54 Å². The zero-order valence-corrected chi connectivity index (χ0v) is 10.5. The van der Waals surface area contributed by atoms with E-state index in [4.69, 9.17) is 5.53 Å². The maximum atomic E-state index is 9.36. The molecule has 94 valence electrons. The van der Waals surface area contributed by atoms with Crippen molar-refractivity contribution in [3.8, 4) is 6.07 Å². The van der Waals surface area contributed by atoms with Crippen molar-refractivity contribution in [2.24, 2.45) is 11.0 Å². The SMILES string of the molecule is CC1CCCC(C#N)(NCCCN=[N+]=[N-])CC1. The highest BCUT2D eigenvalue weighted by atomic mass is 15.1. The van der Waals surface area contributed by atoms with Crippen molar-refractivity contribution in [1.29, 1.82) is 5.26 Å². The third-order valence-electron chi connectivity index (χ3n) is 3.54. The van der Waals surface area contributed by atoms with Crippen LogP contribution in [0.15, 0.2) is 5.11 Å². The molecule has 1 rings (SSSR count). The van der Waals surface area contributed by atoms with Gasteiger partial charge in [0.25, 0.3) is 0 Å². The predicted molar refractivity (Wildman–Crippen MR) is 67.2 cm³/mol. The summed E-state index contributed by atoms with van der Waals surface area (Å²) in [6, 6.07) is 2.45. The smallest absolute Gasteiger partial charge is 0.106 e. The van der Waals surface area contributed by atoms with Gasteiger partial charge < -0.3 is 0 Å². The summed E-state index contributed by atoms with van der Waals surface area (Å²) in [6.07, 6.45) is 6.14. The van der Waals surface area contributed by atoms with Gasteiger partial charge in [0.05, 0.1) is 6.07 Å². The summed E-state index contributed by atoms with van der Waals surface area (Å²) in [7, 11) is 0. The molecule has 1 saturated carbocycles. The van der Waals surface area contributed by atoms with Gasteiger partial charge in [-0.15, -0.1) is 0 Å². The zero-order valence-electron chi connectivity index (χ0n) is 10.5. The lowest BCUT2D eigenvalue weighted by molar-refractivity contribution is 0.360. The van der Waals surface area contributed by atoms with E-state index in [-0.39, 0.29) is 5.54 Å². The van der Waals surface area contributed by atoms with Crippen molar-refractivity contribution in [3.05, 3.63) is 10.4 Å². The number of nitrogens with zero attached hydrogens (tertiary/aromatic N) is 4. The average Bonchev–Trinajstić information content (AvgIpc) is 2.52. The number of hydrogen-bond donors (Lipinski definition) is 1. The van der Waals surface area contributed by atoms with Crippen LogP contribution in [0.5, 0.6) is 0 Å². The molecule has 1 N–H and O–H groups in total. The molecular weight excluding hydrogens is 214 g/mol. The maximum Gasteiger partial charge on any atom is 0.106 e. The van der Waals surface area contributed by atoms with Crippen LogP contribution in [-0.4, -0.2) is 18.6 Å². The molecule has 0 heterocycles. The molecule has 0 radical (unpaired) electrons. The molecule has 17 heavy (non-hydrogen) atoms. The van der Waals surface area contributed by atoms with E-state index in [0.29, 0.717) is 6.54 Å². The van der Waals surface area contributed by atoms with E-state index in [1.165, 1.54) is 6.42 Å². The highest BCUT2D eigenvalue weighted by Gasteiger charge is 2.31.